The maximum absolute atomic E-state index is 13.2. The summed E-state index contributed by atoms with van der Waals surface area (Å²) >= 11 is 0. The molecule has 9 heteroatoms. The average Bonchev–Trinajstić information content (AvgIpc) is 3.33. The van der Waals surface area contributed by atoms with Gasteiger partial charge >= 0.3 is 6.03 Å². The molecule has 174 valence electrons. The summed E-state index contributed by atoms with van der Waals surface area (Å²) in [6, 6.07) is 12.3. The predicted molar refractivity (Wildman–Crippen MR) is 122 cm³/mol. The minimum atomic E-state index is -3.29. The number of rotatable bonds is 5. The van der Waals surface area contributed by atoms with E-state index in [0.29, 0.717) is 31.5 Å². The summed E-state index contributed by atoms with van der Waals surface area (Å²) in [4.78, 5) is 29.6. The number of ether oxygens (including phenoxy) is 1. The molecule has 3 aliphatic rings. The molecule has 0 aromatic heterocycles. The van der Waals surface area contributed by atoms with E-state index < -0.39 is 21.4 Å². The van der Waals surface area contributed by atoms with E-state index in [1.807, 2.05) is 0 Å². The fourth-order valence-electron chi connectivity index (χ4n) is 4.84. The third-order valence-electron chi connectivity index (χ3n) is 6.81. The van der Waals surface area contributed by atoms with Gasteiger partial charge < -0.3 is 10.1 Å². The maximum atomic E-state index is 13.2. The Balaban J connectivity index is 1.22. The van der Waals surface area contributed by atoms with Gasteiger partial charge in [-0.1, -0.05) is 24.3 Å². The van der Waals surface area contributed by atoms with E-state index in [1.54, 1.807) is 12.1 Å². The third kappa shape index (κ3) is 4.22. The number of benzene rings is 2. The topological polar surface area (TPSA) is 96.0 Å². The number of nitrogens with one attached hydrogen (secondary N) is 1. The summed E-state index contributed by atoms with van der Waals surface area (Å²) in [6.45, 7) is 3.06. The van der Waals surface area contributed by atoms with Gasteiger partial charge in [-0.15, -0.1) is 0 Å². The molecule has 0 radical (unpaired) electrons. The molecule has 2 aromatic rings. The second kappa shape index (κ2) is 8.14. The smallest absolute Gasteiger partial charge is 0.325 e. The number of carbonyl (C=O) groups is 2. The van der Waals surface area contributed by atoms with Gasteiger partial charge in [0, 0.05) is 32.3 Å². The fourth-order valence-corrected chi connectivity index (χ4v) is 5.47. The van der Waals surface area contributed by atoms with Crippen molar-refractivity contribution in [3.05, 3.63) is 59.2 Å². The maximum Gasteiger partial charge on any atom is 0.325 e. The molecule has 3 heterocycles. The molecule has 0 atom stereocenters. The monoisotopic (exact) mass is 469 g/mol. The van der Waals surface area contributed by atoms with Crippen LogP contribution in [0.5, 0.6) is 5.75 Å². The quantitative estimate of drug-likeness (QED) is 0.674. The Morgan fingerprint density at radius 2 is 1.70 bits per heavy atom. The van der Waals surface area contributed by atoms with Crippen molar-refractivity contribution in [2.45, 2.75) is 42.8 Å². The van der Waals surface area contributed by atoms with Crippen molar-refractivity contribution in [2.75, 3.05) is 26.0 Å². The molecule has 1 N–H and O–H groups in total. The molecule has 0 saturated carbocycles. The summed E-state index contributed by atoms with van der Waals surface area (Å²) in [6.07, 6.45) is 3.22. The lowest BCUT2D eigenvalue weighted by Gasteiger charge is -2.37. The highest BCUT2D eigenvalue weighted by atomic mass is 32.2. The fraction of sp³-hybridized carbons (Fsp3) is 0.417. The van der Waals surface area contributed by atoms with E-state index in [9.17, 15) is 18.0 Å². The van der Waals surface area contributed by atoms with Crippen LogP contribution in [0, 0.1) is 0 Å². The van der Waals surface area contributed by atoms with Gasteiger partial charge in [0.2, 0.25) is 0 Å². The van der Waals surface area contributed by atoms with E-state index >= 15 is 0 Å². The van der Waals surface area contributed by atoms with Crippen molar-refractivity contribution in [3.63, 3.8) is 0 Å². The molecule has 3 aliphatic heterocycles. The number of nitrogens with zero attached hydrogens (tertiary/aromatic N) is 2. The highest BCUT2D eigenvalue weighted by Gasteiger charge is 2.52. The average molecular weight is 470 g/mol. The molecule has 5 rings (SSSR count). The minimum absolute atomic E-state index is 0.120. The summed E-state index contributed by atoms with van der Waals surface area (Å²) in [7, 11) is -3.29. The number of hydrogen-bond donors (Lipinski definition) is 1. The Labute approximate surface area is 193 Å². The summed E-state index contributed by atoms with van der Waals surface area (Å²) in [5.41, 5.74) is 2.29. The molecular formula is C24H27N3O5S. The first-order valence-corrected chi connectivity index (χ1v) is 13.0. The standard InChI is InChI=1S/C24H27N3O5S/c1-33(30,31)20-6-3-17(4-7-20)16-27-22(28)24(25-23(27)29)9-11-26(12-10-24)15-18-2-5-19-8-13-32-21(19)14-18/h2-7,14H,8-13,15-16H2,1H3,(H,25,29). The Morgan fingerprint density at radius 1 is 1.00 bits per heavy atom. The van der Waals surface area contributed by atoms with Crippen LogP contribution < -0.4 is 10.1 Å². The number of carbonyl (C=O) groups excluding carboxylic acids is 2. The molecular weight excluding hydrogens is 442 g/mol. The number of urea groups is 1. The number of amides is 3. The van der Waals surface area contributed by atoms with E-state index in [1.165, 1.54) is 28.2 Å². The van der Waals surface area contributed by atoms with Crippen molar-refractivity contribution in [1.29, 1.82) is 0 Å². The second-order valence-electron chi connectivity index (χ2n) is 9.14. The number of fused-ring (bicyclic) bond motifs is 1. The van der Waals surface area contributed by atoms with Crippen LogP contribution in [0.25, 0.3) is 0 Å². The first-order valence-electron chi connectivity index (χ1n) is 11.1. The largest absolute Gasteiger partial charge is 0.493 e. The molecule has 2 fully saturated rings. The van der Waals surface area contributed by atoms with Crippen LogP contribution in [0.1, 0.15) is 29.5 Å². The van der Waals surface area contributed by atoms with Crippen LogP contribution in [0.2, 0.25) is 0 Å². The first kappa shape index (κ1) is 21.9. The number of sulfone groups is 1. The molecule has 2 saturated heterocycles. The number of likely N-dealkylation sites (tertiary alicyclic amines) is 1. The van der Waals surface area contributed by atoms with Gasteiger partial charge in [-0.05, 0) is 47.7 Å². The molecule has 33 heavy (non-hydrogen) atoms. The van der Waals surface area contributed by atoms with Crippen LogP contribution in [0.3, 0.4) is 0 Å². The van der Waals surface area contributed by atoms with Gasteiger partial charge in [0.1, 0.15) is 11.3 Å². The van der Waals surface area contributed by atoms with E-state index in [4.69, 9.17) is 4.74 Å². The Hall–Kier alpha value is -2.91. The van der Waals surface area contributed by atoms with Crippen LogP contribution >= 0.6 is 0 Å². The zero-order valence-electron chi connectivity index (χ0n) is 18.5. The third-order valence-corrected chi connectivity index (χ3v) is 7.94. The predicted octanol–water partition coefficient (Wildman–Crippen LogP) is 2.11. The van der Waals surface area contributed by atoms with Gasteiger partial charge in [-0.3, -0.25) is 14.6 Å². The molecule has 0 bridgehead atoms. The molecule has 1 spiro atoms. The Kier molecular flexibility index (Phi) is 5.41. The van der Waals surface area contributed by atoms with Crippen molar-refractivity contribution >= 4 is 21.8 Å². The Bertz CT molecular complexity index is 1200. The van der Waals surface area contributed by atoms with Crippen molar-refractivity contribution in [2.24, 2.45) is 0 Å². The van der Waals surface area contributed by atoms with Gasteiger partial charge in [-0.25, -0.2) is 13.2 Å². The zero-order chi connectivity index (χ0) is 23.2. The van der Waals surface area contributed by atoms with Crippen molar-refractivity contribution in [1.82, 2.24) is 15.1 Å². The van der Waals surface area contributed by atoms with Crippen LogP contribution in [0.15, 0.2) is 47.4 Å². The molecule has 0 unspecified atom stereocenters. The van der Waals surface area contributed by atoms with Crippen LogP contribution in [0.4, 0.5) is 4.79 Å². The highest BCUT2D eigenvalue weighted by molar-refractivity contribution is 7.90. The lowest BCUT2D eigenvalue weighted by atomic mass is 9.87. The zero-order valence-corrected chi connectivity index (χ0v) is 19.4. The van der Waals surface area contributed by atoms with Gasteiger partial charge in [-0.2, -0.15) is 0 Å². The molecule has 3 amide bonds. The lowest BCUT2D eigenvalue weighted by Crippen LogP contribution is -2.54. The van der Waals surface area contributed by atoms with E-state index in [-0.39, 0.29) is 17.3 Å². The summed E-state index contributed by atoms with van der Waals surface area (Å²) in [5.74, 6) is 0.768. The molecule has 2 aromatic carbocycles. The highest BCUT2D eigenvalue weighted by Crippen LogP contribution is 2.32. The number of imide groups is 1. The van der Waals surface area contributed by atoms with Crippen molar-refractivity contribution < 1.29 is 22.7 Å². The second-order valence-corrected chi connectivity index (χ2v) is 11.2. The first-order chi connectivity index (χ1) is 15.7. The van der Waals surface area contributed by atoms with Crippen LogP contribution in [-0.4, -0.2) is 61.6 Å². The van der Waals surface area contributed by atoms with E-state index in [2.05, 4.69) is 28.4 Å². The SMILES string of the molecule is CS(=O)(=O)c1ccc(CN2C(=O)NC3(CCN(Cc4ccc5c(c4)OCC5)CC3)C2=O)cc1. The van der Waals surface area contributed by atoms with E-state index in [0.717, 1.165) is 31.6 Å². The molecule has 0 aliphatic carbocycles. The summed E-state index contributed by atoms with van der Waals surface area (Å²) in [5, 5.41) is 2.94. The number of hydrogen-bond acceptors (Lipinski definition) is 6. The van der Waals surface area contributed by atoms with Crippen molar-refractivity contribution in [3.8, 4) is 5.75 Å². The summed E-state index contributed by atoms with van der Waals surface area (Å²) < 4.78 is 29.0. The Morgan fingerprint density at radius 3 is 2.39 bits per heavy atom. The molecule has 8 nitrogen and oxygen atoms in total. The van der Waals surface area contributed by atoms with Gasteiger partial charge in [0.25, 0.3) is 5.91 Å². The lowest BCUT2D eigenvalue weighted by molar-refractivity contribution is -0.133. The minimum Gasteiger partial charge on any atom is -0.493 e. The van der Waals surface area contributed by atoms with Gasteiger partial charge in [0.15, 0.2) is 9.84 Å². The number of piperidine rings is 1. The van der Waals surface area contributed by atoms with Gasteiger partial charge in [0.05, 0.1) is 18.0 Å². The normalized spacial score (nSPS) is 20.1. The van der Waals surface area contributed by atoms with Crippen LogP contribution in [-0.2, 0) is 34.1 Å².